The third-order valence-corrected chi connectivity index (χ3v) is 4.09. The van der Waals surface area contributed by atoms with Gasteiger partial charge < -0.3 is 16.0 Å². The van der Waals surface area contributed by atoms with Crippen LogP contribution >= 0.6 is 0 Å². The Labute approximate surface area is 121 Å². The molecule has 1 aliphatic heterocycles. The number of nitrogens with two attached hydrogens (primary N) is 1. The van der Waals surface area contributed by atoms with Crippen LogP contribution in [-0.2, 0) is 4.79 Å². The number of amides is 1. The van der Waals surface area contributed by atoms with Gasteiger partial charge in [-0.2, -0.15) is 0 Å². The minimum atomic E-state index is -0.174. The summed E-state index contributed by atoms with van der Waals surface area (Å²) in [6.45, 7) is 7.00. The number of rotatable bonds is 5. The molecule has 2 rings (SSSR count). The highest BCUT2D eigenvalue weighted by atomic mass is 16.1. The van der Waals surface area contributed by atoms with Crippen LogP contribution in [0.25, 0.3) is 0 Å². The van der Waals surface area contributed by atoms with Crippen LogP contribution in [0.15, 0.2) is 24.3 Å². The number of carbonyl (C=O) groups is 1. The number of piperidine rings is 1. The second-order valence-electron chi connectivity index (χ2n) is 5.56. The molecule has 2 unspecified atom stereocenters. The van der Waals surface area contributed by atoms with Crippen LogP contribution in [0.4, 0.5) is 5.69 Å². The number of carbonyl (C=O) groups excluding carboxylic acids is 1. The van der Waals surface area contributed by atoms with Crippen molar-refractivity contribution in [3.8, 4) is 0 Å². The van der Waals surface area contributed by atoms with Crippen LogP contribution < -0.4 is 16.0 Å². The van der Waals surface area contributed by atoms with Crippen molar-refractivity contribution in [3.63, 3.8) is 0 Å². The highest BCUT2D eigenvalue weighted by Crippen LogP contribution is 2.24. The van der Waals surface area contributed by atoms with Crippen molar-refractivity contribution in [2.45, 2.75) is 32.7 Å². The van der Waals surface area contributed by atoms with Gasteiger partial charge in [0.05, 0.1) is 5.92 Å². The molecule has 0 aliphatic carbocycles. The molecule has 1 fully saturated rings. The highest BCUT2D eigenvalue weighted by Gasteiger charge is 2.24. The van der Waals surface area contributed by atoms with Crippen LogP contribution in [0.2, 0.25) is 0 Å². The Hall–Kier alpha value is -1.55. The Bertz CT molecular complexity index is 444. The number of nitrogens with one attached hydrogen (secondary N) is 1. The average Bonchev–Trinajstić information content (AvgIpc) is 2.48. The summed E-state index contributed by atoms with van der Waals surface area (Å²) in [5.41, 5.74) is 7.91. The van der Waals surface area contributed by atoms with E-state index in [1.807, 2.05) is 0 Å². The molecule has 0 aromatic heterocycles. The van der Waals surface area contributed by atoms with E-state index < -0.39 is 0 Å². The summed E-state index contributed by atoms with van der Waals surface area (Å²) in [7, 11) is 0. The number of nitrogens with zero attached hydrogens (tertiary/aromatic N) is 1. The zero-order valence-electron chi connectivity index (χ0n) is 12.4. The summed E-state index contributed by atoms with van der Waals surface area (Å²) < 4.78 is 0. The smallest absolute Gasteiger partial charge is 0.222 e. The first-order valence-corrected chi connectivity index (χ1v) is 7.49. The van der Waals surface area contributed by atoms with Gasteiger partial charge in [0.25, 0.3) is 0 Å². The van der Waals surface area contributed by atoms with Crippen LogP contribution in [-0.4, -0.2) is 25.5 Å². The van der Waals surface area contributed by atoms with Crippen molar-refractivity contribution in [1.29, 1.82) is 0 Å². The summed E-state index contributed by atoms with van der Waals surface area (Å²) in [6.07, 6.45) is 1.95. The fraction of sp³-hybridized carbons (Fsp3) is 0.562. The molecule has 0 radical (unpaired) electrons. The molecule has 4 nitrogen and oxygen atoms in total. The maximum Gasteiger partial charge on any atom is 0.222 e. The van der Waals surface area contributed by atoms with Crippen molar-refractivity contribution in [3.05, 3.63) is 29.8 Å². The lowest BCUT2D eigenvalue weighted by atomic mass is 9.97. The van der Waals surface area contributed by atoms with Gasteiger partial charge in [-0.3, -0.25) is 4.79 Å². The summed E-state index contributed by atoms with van der Waals surface area (Å²) in [5, 5.41) is 3.41. The van der Waals surface area contributed by atoms with Gasteiger partial charge in [0, 0.05) is 24.8 Å². The monoisotopic (exact) mass is 275 g/mol. The maximum atomic E-state index is 11.3. The van der Waals surface area contributed by atoms with E-state index in [2.05, 4.69) is 48.3 Å². The zero-order valence-corrected chi connectivity index (χ0v) is 12.4. The fourth-order valence-electron chi connectivity index (χ4n) is 2.84. The largest absolute Gasteiger partial charge is 0.371 e. The van der Waals surface area contributed by atoms with Crippen molar-refractivity contribution < 1.29 is 4.79 Å². The van der Waals surface area contributed by atoms with E-state index in [1.165, 1.54) is 11.3 Å². The van der Waals surface area contributed by atoms with Gasteiger partial charge in [-0.15, -0.1) is 0 Å². The molecule has 110 valence electrons. The van der Waals surface area contributed by atoms with Crippen molar-refractivity contribution >= 4 is 11.6 Å². The van der Waals surface area contributed by atoms with E-state index in [9.17, 15) is 4.79 Å². The van der Waals surface area contributed by atoms with E-state index in [1.54, 1.807) is 0 Å². The maximum absolute atomic E-state index is 11.3. The lowest BCUT2D eigenvalue weighted by Gasteiger charge is -2.33. The molecule has 20 heavy (non-hydrogen) atoms. The van der Waals surface area contributed by atoms with E-state index in [-0.39, 0.29) is 11.8 Å². The van der Waals surface area contributed by atoms with Gasteiger partial charge in [-0.25, -0.2) is 0 Å². The molecule has 0 bridgehead atoms. The molecule has 1 aliphatic rings. The average molecular weight is 275 g/mol. The summed E-state index contributed by atoms with van der Waals surface area (Å²) >= 11 is 0. The van der Waals surface area contributed by atoms with Crippen molar-refractivity contribution in [2.75, 3.05) is 24.5 Å². The predicted molar refractivity (Wildman–Crippen MR) is 82.7 cm³/mol. The SMILES string of the molecule is CCNC(C)c1ccc(N2CCCC(C(N)=O)C2)cc1. The van der Waals surface area contributed by atoms with E-state index in [0.29, 0.717) is 6.04 Å². The molecule has 1 heterocycles. The second-order valence-corrected chi connectivity index (χ2v) is 5.56. The first-order valence-electron chi connectivity index (χ1n) is 7.49. The lowest BCUT2D eigenvalue weighted by Crippen LogP contribution is -2.41. The molecule has 4 heteroatoms. The van der Waals surface area contributed by atoms with E-state index >= 15 is 0 Å². The summed E-state index contributed by atoms with van der Waals surface area (Å²) in [5.74, 6) is -0.184. The minimum Gasteiger partial charge on any atom is -0.371 e. The lowest BCUT2D eigenvalue weighted by molar-refractivity contribution is -0.122. The Kier molecular flexibility index (Phi) is 5.01. The predicted octanol–water partition coefficient (Wildman–Crippen LogP) is 2.06. The Morgan fingerprint density at radius 1 is 1.45 bits per heavy atom. The quantitative estimate of drug-likeness (QED) is 0.865. The molecular formula is C16H25N3O. The molecule has 0 spiro atoms. The first-order chi connectivity index (χ1) is 9.61. The molecule has 2 atom stereocenters. The third-order valence-electron chi connectivity index (χ3n) is 4.09. The van der Waals surface area contributed by atoms with Crippen LogP contribution in [0.3, 0.4) is 0 Å². The number of hydrogen-bond acceptors (Lipinski definition) is 3. The second kappa shape index (κ2) is 6.75. The Balaban J connectivity index is 2.04. The molecular weight excluding hydrogens is 250 g/mol. The van der Waals surface area contributed by atoms with Gasteiger partial charge in [-0.1, -0.05) is 19.1 Å². The standard InChI is InChI=1S/C16H25N3O/c1-3-18-12(2)13-6-8-15(9-7-13)19-10-4-5-14(11-19)16(17)20/h6-9,12,14,18H,3-5,10-11H2,1-2H3,(H2,17,20). The van der Waals surface area contributed by atoms with Gasteiger partial charge in [-0.05, 0) is 44.0 Å². The van der Waals surface area contributed by atoms with Gasteiger partial charge >= 0.3 is 0 Å². The first kappa shape index (κ1) is 14.9. The summed E-state index contributed by atoms with van der Waals surface area (Å²) in [4.78, 5) is 13.6. The summed E-state index contributed by atoms with van der Waals surface area (Å²) in [6, 6.07) is 8.99. The van der Waals surface area contributed by atoms with Crippen LogP contribution in [0, 0.1) is 5.92 Å². The molecule has 3 N–H and O–H groups in total. The third kappa shape index (κ3) is 3.51. The topological polar surface area (TPSA) is 58.4 Å². The highest BCUT2D eigenvalue weighted by molar-refractivity contribution is 5.77. The molecule has 1 saturated heterocycles. The molecule has 1 aromatic carbocycles. The Morgan fingerprint density at radius 2 is 2.15 bits per heavy atom. The van der Waals surface area contributed by atoms with Crippen LogP contribution in [0.5, 0.6) is 0 Å². The van der Waals surface area contributed by atoms with Crippen molar-refractivity contribution in [2.24, 2.45) is 11.7 Å². The molecule has 0 saturated carbocycles. The normalized spacial score (nSPS) is 20.7. The molecule has 1 amide bonds. The number of benzene rings is 1. The van der Waals surface area contributed by atoms with E-state index in [0.717, 1.165) is 32.5 Å². The number of anilines is 1. The Morgan fingerprint density at radius 3 is 2.75 bits per heavy atom. The van der Waals surface area contributed by atoms with Crippen LogP contribution in [0.1, 0.15) is 38.3 Å². The number of hydrogen-bond donors (Lipinski definition) is 2. The van der Waals surface area contributed by atoms with E-state index in [4.69, 9.17) is 5.73 Å². The fourth-order valence-corrected chi connectivity index (χ4v) is 2.84. The van der Waals surface area contributed by atoms with Gasteiger partial charge in [0.15, 0.2) is 0 Å². The number of primary amides is 1. The zero-order chi connectivity index (χ0) is 14.5. The molecule has 1 aromatic rings. The van der Waals surface area contributed by atoms with Gasteiger partial charge in [0.2, 0.25) is 5.91 Å². The van der Waals surface area contributed by atoms with Crippen molar-refractivity contribution in [1.82, 2.24) is 5.32 Å². The van der Waals surface area contributed by atoms with Gasteiger partial charge in [0.1, 0.15) is 0 Å². The minimum absolute atomic E-state index is 0.0101.